The fourth-order valence-electron chi connectivity index (χ4n) is 4.08. The van der Waals surface area contributed by atoms with Crippen molar-refractivity contribution >= 4 is 17.5 Å². The minimum absolute atomic E-state index is 0.0388. The van der Waals surface area contributed by atoms with Crippen LogP contribution in [0.1, 0.15) is 12.0 Å². The van der Waals surface area contributed by atoms with Crippen LogP contribution in [-0.4, -0.2) is 85.6 Å². The second-order valence-electron chi connectivity index (χ2n) is 7.36. The molecule has 1 amide bonds. The highest BCUT2D eigenvalue weighted by atomic mass is 35.5. The molecule has 0 aliphatic carbocycles. The third-order valence-electron chi connectivity index (χ3n) is 5.47. The molecular weight excluding hydrogens is 372 g/mol. The lowest BCUT2D eigenvalue weighted by atomic mass is 10.00. The number of carbonyl (C=O) groups is 1. The van der Waals surface area contributed by atoms with Crippen molar-refractivity contribution in [3.05, 3.63) is 22.7 Å². The van der Waals surface area contributed by atoms with Gasteiger partial charge >= 0.3 is 0 Å². The summed E-state index contributed by atoms with van der Waals surface area (Å²) >= 11 is 6.36. The average Bonchev–Trinajstić information content (AvgIpc) is 3.04. The zero-order chi connectivity index (χ0) is 18.9. The number of fused-ring (bicyclic) bond motifs is 1. The molecule has 148 valence electrons. The van der Waals surface area contributed by atoms with Crippen LogP contribution in [0.15, 0.2) is 12.1 Å². The van der Waals surface area contributed by atoms with Crippen LogP contribution in [-0.2, 0) is 16.0 Å². The van der Waals surface area contributed by atoms with E-state index in [0.717, 1.165) is 25.1 Å². The van der Waals surface area contributed by atoms with Gasteiger partial charge in [-0.3, -0.25) is 9.69 Å². The molecule has 3 aliphatic rings. The molecule has 4 rings (SSSR count). The fourth-order valence-corrected chi connectivity index (χ4v) is 4.30. The smallest absolute Gasteiger partial charge is 0.227 e. The van der Waals surface area contributed by atoms with Gasteiger partial charge < -0.3 is 24.2 Å². The van der Waals surface area contributed by atoms with Gasteiger partial charge in [-0.2, -0.15) is 0 Å². The number of amides is 1. The number of hydrogen-bond donors (Lipinski definition) is 1. The van der Waals surface area contributed by atoms with Gasteiger partial charge in [0.1, 0.15) is 13.2 Å². The Morgan fingerprint density at radius 2 is 1.93 bits per heavy atom. The summed E-state index contributed by atoms with van der Waals surface area (Å²) in [7, 11) is 0. The molecule has 0 aromatic heterocycles. The van der Waals surface area contributed by atoms with Crippen molar-refractivity contribution in [2.45, 2.75) is 18.4 Å². The van der Waals surface area contributed by atoms with Gasteiger partial charge in [0.05, 0.1) is 31.8 Å². The molecular formula is C19H25ClN2O5. The minimum atomic E-state index is -0.320. The summed E-state index contributed by atoms with van der Waals surface area (Å²) in [5, 5.41) is 9.67. The topological polar surface area (TPSA) is 71.5 Å². The molecule has 7 nitrogen and oxygen atoms in total. The number of halogens is 1. The van der Waals surface area contributed by atoms with E-state index in [0.29, 0.717) is 56.0 Å². The Kier molecular flexibility index (Phi) is 5.45. The van der Waals surface area contributed by atoms with Crippen molar-refractivity contribution in [1.29, 1.82) is 0 Å². The minimum Gasteiger partial charge on any atom is -0.486 e. The standard InChI is InChI=1S/C19H25ClN2O5/c20-15-11-17-16(25-7-8-26-17)9-14(15)10-18(24)22-4-6-27-19(13-22)1-2-21(12-19)3-5-23/h9,11,23H,1-8,10,12-13H2. The fraction of sp³-hybridized carbons (Fsp3) is 0.632. The monoisotopic (exact) mass is 396 g/mol. The molecule has 1 N–H and O–H groups in total. The van der Waals surface area contributed by atoms with Crippen LogP contribution in [0.5, 0.6) is 11.5 Å². The lowest BCUT2D eigenvalue weighted by Gasteiger charge is -2.40. The molecule has 0 saturated carbocycles. The van der Waals surface area contributed by atoms with E-state index in [2.05, 4.69) is 4.90 Å². The Hall–Kier alpha value is -1.54. The normalized spacial score (nSPS) is 25.2. The zero-order valence-electron chi connectivity index (χ0n) is 15.3. The van der Waals surface area contributed by atoms with E-state index in [1.54, 1.807) is 6.07 Å². The second kappa shape index (κ2) is 7.83. The number of ether oxygens (including phenoxy) is 3. The molecule has 1 aromatic rings. The zero-order valence-corrected chi connectivity index (χ0v) is 16.0. The first-order valence-corrected chi connectivity index (χ1v) is 9.79. The number of likely N-dealkylation sites (tertiary alicyclic amines) is 1. The van der Waals surface area contributed by atoms with E-state index >= 15 is 0 Å². The number of aliphatic hydroxyl groups is 1. The molecule has 0 radical (unpaired) electrons. The Balaban J connectivity index is 1.43. The van der Waals surface area contributed by atoms with Crippen LogP contribution in [0.3, 0.4) is 0 Å². The van der Waals surface area contributed by atoms with Crippen LogP contribution in [0.4, 0.5) is 0 Å². The van der Waals surface area contributed by atoms with Crippen molar-refractivity contribution in [2.75, 3.05) is 59.2 Å². The van der Waals surface area contributed by atoms with Crippen molar-refractivity contribution in [3.8, 4) is 11.5 Å². The number of rotatable bonds is 4. The van der Waals surface area contributed by atoms with Crippen molar-refractivity contribution in [2.24, 2.45) is 0 Å². The molecule has 1 unspecified atom stereocenters. The van der Waals surface area contributed by atoms with Gasteiger partial charge in [-0.15, -0.1) is 0 Å². The maximum atomic E-state index is 12.9. The number of morpholine rings is 1. The lowest BCUT2D eigenvalue weighted by molar-refractivity contribution is -0.148. The molecule has 8 heteroatoms. The Morgan fingerprint density at radius 3 is 2.70 bits per heavy atom. The van der Waals surface area contributed by atoms with E-state index in [9.17, 15) is 4.79 Å². The molecule has 27 heavy (non-hydrogen) atoms. The highest BCUT2D eigenvalue weighted by Gasteiger charge is 2.43. The molecule has 1 aromatic carbocycles. The number of benzene rings is 1. The average molecular weight is 397 g/mol. The number of hydrogen-bond acceptors (Lipinski definition) is 6. The molecule has 3 heterocycles. The van der Waals surface area contributed by atoms with Crippen LogP contribution >= 0.6 is 11.6 Å². The Bertz CT molecular complexity index is 716. The first kappa shape index (κ1) is 18.8. The first-order chi connectivity index (χ1) is 13.1. The second-order valence-corrected chi connectivity index (χ2v) is 7.77. The van der Waals surface area contributed by atoms with E-state index in [1.807, 2.05) is 11.0 Å². The molecule has 2 fully saturated rings. The summed E-state index contributed by atoms with van der Waals surface area (Å²) in [6, 6.07) is 3.53. The number of β-amino-alcohol motifs (C(OH)–C–C–N with tert-alkyl or cyclic N) is 1. The van der Waals surface area contributed by atoms with E-state index < -0.39 is 0 Å². The molecule has 1 spiro atoms. The molecule has 3 aliphatic heterocycles. The Labute approximate surface area is 163 Å². The van der Waals surface area contributed by atoms with E-state index in [-0.39, 0.29) is 24.5 Å². The van der Waals surface area contributed by atoms with Crippen LogP contribution < -0.4 is 9.47 Å². The van der Waals surface area contributed by atoms with Crippen molar-refractivity contribution in [3.63, 3.8) is 0 Å². The summed E-state index contributed by atoms with van der Waals surface area (Å²) in [5.41, 5.74) is 0.430. The SMILES string of the molecule is O=C(Cc1cc2c(cc1Cl)OCCO2)N1CCOC2(CCN(CCO)C2)C1. The van der Waals surface area contributed by atoms with Gasteiger partial charge in [-0.05, 0) is 18.1 Å². The van der Waals surface area contributed by atoms with Gasteiger partial charge in [0.2, 0.25) is 5.91 Å². The van der Waals surface area contributed by atoms with E-state index in [4.69, 9.17) is 30.9 Å². The highest BCUT2D eigenvalue weighted by molar-refractivity contribution is 6.31. The van der Waals surface area contributed by atoms with Crippen molar-refractivity contribution < 1.29 is 24.1 Å². The quantitative estimate of drug-likeness (QED) is 0.817. The van der Waals surface area contributed by atoms with Gasteiger partial charge in [0.25, 0.3) is 0 Å². The summed E-state index contributed by atoms with van der Waals surface area (Å²) in [4.78, 5) is 17.0. The summed E-state index contributed by atoms with van der Waals surface area (Å²) in [6.07, 6.45) is 1.10. The number of carbonyl (C=O) groups excluding carboxylic acids is 1. The van der Waals surface area contributed by atoms with E-state index in [1.165, 1.54) is 0 Å². The summed E-state index contributed by atoms with van der Waals surface area (Å²) < 4.78 is 17.2. The molecule has 0 bridgehead atoms. The first-order valence-electron chi connectivity index (χ1n) is 9.41. The highest BCUT2D eigenvalue weighted by Crippen LogP contribution is 2.36. The van der Waals surface area contributed by atoms with Crippen LogP contribution in [0.25, 0.3) is 0 Å². The molecule has 2 saturated heterocycles. The van der Waals surface area contributed by atoms with Gasteiger partial charge in [-0.25, -0.2) is 0 Å². The third-order valence-corrected chi connectivity index (χ3v) is 5.82. The number of nitrogens with zero attached hydrogens (tertiary/aromatic N) is 2. The maximum absolute atomic E-state index is 12.9. The largest absolute Gasteiger partial charge is 0.486 e. The van der Waals surface area contributed by atoms with Gasteiger partial charge in [-0.1, -0.05) is 11.6 Å². The lowest BCUT2D eigenvalue weighted by Crippen LogP contribution is -2.55. The predicted octanol–water partition coefficient (Wildman–Crippen LogP) is 0.949. The predicted molar refractivity (Wildman–Crippen MR) is 99.6 cm³/mol. The summed E-state index contributed by atoms with van der Waals surface area (Å²) in [6.45, 7) is 5.13. The van der Waals surface area contributed by atoms with Crippen LogP contribution in [0, 0.1) is 0 Å². The number of aliphatic hydroxyl groups excluding tert-OH is 1. The van der Waals surface area contributed by atoms with Crippen LogP contribution in [0.2, 0.25) is 5.02 Å². The Morgan fingerprint density at radius 1 is 1.15 bits per heavy atom. The molecule has 1 atom stereocenters. The van der Waals surface area contributed by atoms with Crippen molar-refractivity contribution in [1.82, 2.24) is 9.80 Å². The van der Waals surface area contributed by atoms with Gasteiger partial charge in [0, 0.05) is 37.3 Å². The summed E-state index contributed by atoms with van der Waals surface area (Å²) in [5.74, 6) is 1.31. The third kappa shape index (κ3) is 4.01. The maximum Gasteiger partial charge on any atom is 0.227 e. The van der Waals surface area contributed by atoms with Gasteiger partial charge in [0.15, 0.2) is 11.5 Å².